The first kappa shape index (κ1) is 13.9. The summed E-state index contributed by atoms with van der Waals surface area (Å²) >= 11 is 0. The van der Waals surface area contributed by atoms with Crippen molar-refractivity contribution in [3.8, 4) is 0 Å². The summed E-state index contributed by atoms with van der Waals surface area (Å²) in [6.45, 7) is 0.107. The van der Waals surface area contributed by atoms with E-state index in [1.165, 1.54) is 0 Å². The number of aliphatic hydroxyl groups excluding tert-OH is 1. The van der Waals surface area contributed by atoms with Gasteiger partial charge in [-0.1, -0.05) is 36.4 Å². The fourth-order valence-corrected chi connectivity index (χ4v) is 2.72. The summed E-state index contributed by atoms with van der Waals surface area (Å²) in [5.41, 5.74) is 0.809. The molecule has 0 heterocycles. The molecule has 0 saturated heterocycles. The molecule has 0 aliphatic heterocycles. The number of anilines is 1. The van der Waals surface area contributed by atoms with Crippen LogP contribution in [0.25, 0.3) is 10.8 Å². The van der Waals surface area contributed by atoms with E-state index in [0.29, 0.717) is 12.3 Å². The molecule has 1 atom stereocenters. The number of hydrogen-bond donors (Lipinski definition) is 3. The summed E-state index contributed by atoms with van der Waals surface area (Å²) < 4.78 is 0. The molecule has 2 aromatic rings. The highest BCUT2D eigenvalue weighted by Gasteiger charge is 2.31. The number of amides is 2. The Morgan fingerprint density at radius 2 is 1.95 bits per heavy atom. The van der Waals surface area contributed by atoms with Gasteiger partial charge in [-0.15, -0.1) is 0 Å². The minimum Gasteiger partial charge on any atom is -0.396 e. The second kappa shape index (κ2) is 6.14. The van der Waals surface area contributed by atoms with Crippen molar-refractivity contribution in [3.05, 3.63) is 42.5 Å². The van der Waals surface area contributed by atoms with Crippen LogP contribution in [-0.2, 0) is 0 Å². The Kier molecular flexibility index (Phi) is 4.06. The molecule has 110 valence electrons. The van der Waals surface area contributed by atoms with E-state index in [1.54, 1.807) is 0 Å². The average molecular weight is 284 g/mol. The zero-order valence-electron chi connectivity index (χ0n) is 11.9. The first-order chi connectivity index (χ1) is 10.3. The Balaban J connectivity index is 1.71. The van der Waals surface area contributed by atoms with Gasteiger partial charge < -0.3 is 15.7 Å². The van der Waals surface area contributed by atoms with Crippen LogP contribution in [0.1, 0.15) is 19.3 Å². The third kappa shape index (κ3) is 3.34. The van der Waals surface area contributed by atoms with E-state index in [1.807, 2.05) is 42.5 Å². The molecule has 21 heavy (non-hydrogen) atoms. The van der Waals surface area contributed by atoms with Crippen molar-refractivity contribution in [3.63, 3.8) is 0 Å². The monoisotopic (exact) mass is 284 g/mol. The van der Waals surface area contributed by atoms with Gasteiger partial charge in [0.2, 0.25) is 0 Å². The van der Waals surface area contributed by atoms with Crippen molar-refractivity contribution < 1.29 is 9.90 Å². The van der Waals surface area contributed by atoms with E-state index < -0.39 is 0 Å². The van der Waals surface area contributed by atoms with Crippen LogP contribution in [0.2, 0.25) is 0 Å². The van der Waals surface area contributed by atoms with Gasteiger partial charge >= 0.3 is 6.03 Å². The summed E-state index contributed by atoms with van der Waals surface area (Å²) in [5.74, 6) is 0.524. The maximum Gasteiger partial charge on any atom is 0.319 e. The largest absolute Gasteiger partial charge is 0.396 e. The van der Waals surface area contributed by atoms with Crippen molar-refractivity contribution in [1.29, 1.82) is 0 Å². The molecule has 3 N–H and O–H groups in total. The second-order valence-electron chi connectivity index (χ2n) is 5.58. The van der Waals surface area contributed by atoms with Crippen molar-refractivity contribution >= 4 is 22.5 Å². The zero-order chi connectivity index (χ0) is 14.7. The standard InChI is InChI=1S/C17H20N2O2/c20-11-10-15(13-8-9-13)18-17(21)19-16-7-3-5-12-4-1-2-6-14(12)16/h1-7,13,15,20H,8-11H2,(H2,18,19,21). The fraction of sp³-hybridized carbons (Fsp3) is 0.353. The van der Waals surface area contributed by atoms with Crippen LogP contribution < -0.4 is 10.6 Å². The van der Waals surface area contributed by atoms with Crippen molar-refractivity contribution in [2.75, 3.05) is 11.9 Å². The third-order valence-corrected chi connectivity index (χ3v) is 3.99. The highest BCUT2D eigenvalue weighted by atomic mass is 16.3. The number of urea groups is 1. The summed E-state index contributed by atoms with van der Waals surface area (Å²) in [4.78, 5) is 12.2. The van der Waals surface area contributed by atoms with Gasteiger partial charge in [-0.05, 0) is 36.6 Å². The topological polar surface area (TPSA) is 61.4 Å². The molecule has 4 nitrogen and oxygen atoms in total. The molecule has 0 aromatic heterocycles. The quantitative estimate of drug-likeness (QED) is 0.790. The maximum absolute atomic E-state index is 12.2. The predicted octanol–water partition coefficient (Wildman–Crippen LogP) is 3.12. The number of carbonyl (C=O) groups is 1. The van der Waals surface area contributed by atoms with Crippen LogP contribution in [-0.4, -0.2) is 23.8 Å². The maximum atomic E-state index is 12.2. The molecule has 0 bridgehead atoms. The Morgan fingerprint density at radius 3 is 2.71 bits per heavy atom. The lowest BCUT2D eigenvalue weighted by atomic mass is 10.1. The average Bonchev–Trinajstić information content (AvgIpc) is 3.32. The van der Waals surface area contributed by atoms with Gasteiger partial charge in [-0.2, -0.15) is 0 Å². The van der Waals surface area contributed by atoms with Crippen molar-refractivity contribution in [1.82, 2.24) is 5.32 Å². The summed E-state index contributed by atoms with van der Waals surface area (Å²) in [7, 11) is 0. The Morgan fingerprint density at radius 1 is 1.19 bits per heavy atom. The van der Waals surface area contributed by atoms with Crippen LogP contribution >= 0.6 is 0 Å². The normalized spacial score (nSPS) is 15.7. The van der Waals surface area contributed by atoms with Crippen LogP contribution in [0.3, 0.4) is 0 Å². The van der Waals surface area contributed by atoms with E-state index in [2.05, 4.69) is 10.6 Å². The van der Waals surface area contributed by atoms with Crippen molar-refractivity contribution in [2.45, 2.75) is 25.3 Å². The molecule has 2 amide bonds. The molecule has 2 aromatic carbocycles. The molecular formula is C17H20N2O2. The van der Waals surface area contributed by atoms with Gasteiger partial charge in [0.1, 0.15) is 0 Å². The molecule has 0 radical (unpaired) electrons. The van der Waals surface area contributed by atoms with Crippen LogP contribution in [0, 0.1) is 5.92 Å². The lowest BCUT2D eigenvalue weighted by Gasteiger charge is -2.18. The molecule has 1 aliphatic rings. The number of aliphatic hydroxyl groups is 1. The minimum absolute atomic E-state index is 0.0741. The minimum atomic E-state index is -0.197. The smallest absolute Gasteiger partial charge is 0.319 e. The molecule has 4 heteroatoms. The number of carbonyl (C=O) groups excluding carboxylic acids is 1. The predicted molar refractivity (Wildman–Crippen MR) is 84.3 cm³/mol. The summed E-state index contributed by atoms with van der Waals surface area (Å²) in [6.07, 6.45) is 2.89. The Bertz CT molecular complexity index is 632. The summed E-state index contributed by atoms with van der Waals surface area (Å²) in [6, 6.07) is 13.7. The lowest BCUT2D eigenvalue weighted by molar-refractivity contribution is 0.234. The summed E-state index contributed by atoms with van der Waals surface area (Å²) in [5, 5.41) is 17.1. The van der Waals surface area contributed by atoms with Gasteiger partial charge in [0, 0.05) is 18.0 Å². The van der Waals surface area contributed by atoms with Crippen LogP contribution in [0.15, 0.2) is 42.5 Å². The van der Waals surface area contributed by atoms with Crippen LogP contribution in [0.5, 0.6) is 0 Å². The van der Waals surface area contributed by atoms with Gasteiger partial charge in [0.25, 0.3) is 0 Å². The first-order valence-corrected chi connectivity index (χ1v) is 7.44. The van der Waals surface area contributed by atoms with E-state index >= 15 is 0 Å². The lowest BCUT2D eigenvalue weighted by Crippen LogP contribution is -2.39. The van der Waals surface area contributed by atoms with E-state index in [-0.39, 0.29) is 18.7 Å². The van der Waals surface area contributed by atoms with Gasteiger partial charge in [0.05, 0.1) is 5.69 Å². The molecule has 1 unspecified atom stereocenters. The van der Waals surface area contributed by atoms with Gasteiger partial charge in [0.15, 0.2) is 0 Å². The van der Waals surface area contributed by atoms with Gasteiger partial charge in [-0.3, -0.25) is 0 Å². The van der Waals surface area contributed by atoms with Crippen LogP contribution in [0.4, 0.5) is 10.5 Å². The number of fused-ring (bicyclic) bond motifs is 1. The molecule has 3 rings (SSSR count). The molecule has 1 saturated carbocycles. The first-order valence-electron chi connectivity index (χ1n) is 7.44. The second-order valence-corrected chi connectivity index (χ2v) is 5.58. The molecule has 1 aliphatic carbocycles. The third-order valence-electron chi connectivity index (χ3n) is 3.99. The molecular weight excluding hydrogens is 264 g/mol. The zero-order valence-corrected chi connectivity index (χ0v) is 11.9. The number of benzene rings is 2. The Hall–Kier alpha value is -2.07. The molecule has 0 spiro atoms. The number of rotatable bonds is 5. The van der Waals surface area contributed by atoms with Gasteiger partial charge in [-0.25, -0.2) is 4.79 Å². The highest BCUT2D eigenvalue weighted by molar-refractivity contribution is 6.01. The van der Waals surface area contributed by atoms with E-state index in [0.717, 1.165) is 29.3 Å². The van der Waals surface area contributed by atoms with E-state index in [9.17, 15) is 4.79 Å². The fourth-order valence-electron chi connectivity index (χ4n) is 2.72. The SMILES string of the molecule is O=C(Nc1cccc2ccccc12)NC(CCO)C1CC1. The number of hydrogen-bond acceptors (Lipinski definition) is 2. The molecule has 1 fully saturated rings. The van der Waals surface area contributed by atoms with E-state index in [4.69, 9.17) is 5.11 Å². The van der Waals surface area contributed by atoms with Crippen molar-refractivity contribution in [2.24, 2.45) is 5.92 Å². The Labute approximate surface area is 124 Å². The highest BCUT2D eigenvalue weighted by Crippen LogP contribution is 2.34. The number of nitrogens with one attached hydrogen (secondary N) is 2.